The van der Waals surface area contributed by atoms with Gasteiger partial charge in [-0.2, -0.15) is 5.26 Å². The Labute approximate surface area is 175 Å². The minimum Gasteiger partial charge on any atom is -0.489 e. The van der Waals surface area contributed by atoms with Crippen LogP contribution in [-0.2, 0) is 16.4 Å². The van der Waals surface area contributed by atoms with Crippen LogP contribution in [0.15, 0.2) is 82.6 Å². The summed E-state index contributed by atoms with van der Waals surface area (Å²) >= 11 is 5.82. The van der Waals surface area contributed by atoms with E-state index in [9.17, 15) is 13.7 Å². The van der Waals surface area contributed by atoms with Crippen molar-refractivity contribution in [1.29, 1.82) is 5.26 Å². The predicted octanol–water partition coefficient (Wildman–Crippen LogP) is 5.57. The number of allylic oxidation sites excluding steroid dienone is 1. The second-order valence-electron chi connectivity index (χ2n) is 6.42. The van der Waals surface area contributed by atoms with Crippen LogP contribution >= 0.6 is 11.6 Å². The summed E-state index contributed by atoms with van der Waals surface area (Å²) in [5.41, 5.74) is 2.76. The molecule has 0 aliphatic rings. The molecule has 146 valence electrons. The second kappa shape index (κ2) is 8.95. The summed E-state index contributed by atoms with van der Waals surface area (Å²) in [6.45, 7) is 2.41. The van der Waals surface area contributed by atoms with Gasteiger partial charge in [-0.15, -0.1) is 0 Å². The Balaban J connectivity index is 1.82. The van der Waals surface area contributed by atoms with Gasteiger partial charge in [-0.1, -0.05) is 53.6 Å². The molecule has 0 spiro atoms. The van der Waals surface area contributed by atoms with Crippen LogP contribution in [0.4, 0.5) is 0 Å². The maximum Gasteiger partial charge on any atom is 0.216 e. The van der Waals surface area contributed by atoms with Gasteiger partial charge < -0.3 is 4.74 Å². The Kier molecular flexibility index (Phi) is 6.38. The van der Waals surface area contributed by atoms with Gasteiger partial charge in [0.15, 0.2) is 0 Å². The Morgan fingerprint density at radius 2 is 1.76 bits per heavy atom. The zero-order valence-electron chi connectivity index (χ0n) is 15.7. The van der Waals surface area contributed by atoms with Crippen molar-refractivity contribution in [1.82, 2.24) is 0 Å². The van der Waals surface area contributed by atoms with Crippen molar-refractivity contribution >= 4 is 27.5 Å². The monoisotopic (exact) mass is 423 g/mol. The Bertz CT molecular complexity index is 1180. The summed E-state index contributed by atoms with van der Waals surface area (Å²) in [6, 6.07) is 22.4. The molecule has 0 aliphatic carbocycles. The van der Waals surface area contributed by atoms with E-state index in [1.165, 1.54) is 35.9 Å². The molecule has 6 heteroatoms. The molecule has 0 amide bonds. The van der Waals surface area contributed by atoms with Crippen LogP contribution < -0.4 is 4.74 Å². The summed E-state index contributed by atoms with van der Waals surface area (Å²) < 4.78 is 31.3. The van der Waals surface area contributed by atoms with E-state index in [-0.39, 0.29) is 9.80 Å². The number of hydrogen-bond donors (Lipinski definition) is 0. The largest absolute Gasteiger partial charge is 0.489 e. The van der Waals surface area contributed by atoms with Crippen LogP contribution in [0.2, 0.25) is 5.02 Å². The number of ether oxygens (including phenoxy) is 1. The minimum absolute atomic E-state index is 0.0153. The SMILES string of the molecule is Cc1ccc(COc2cccc(C=C(C#N)S(=O)(=O)c3ccc(Cl)cc3)c2)cc1. The number of nitrogens with zero attached hydrogens (tertiary/aromatic N) is 1. The van der Waals surface area contributed by atoms with E-state index in [0.29, 0.717) is 22.9 Å². The van der Waals surface area contributed by atoms with E-state index < -0.39 is 9.84 Å². The fourth-order valence-corrected chi connectivity index (χ4v) is 3.89. The van der Waals surface area contributed by atoms with E-state index in [4.69, 9.17) is 16.3 Å². The van der Waals surface area contributed by atoms with Crippen LogP contribution in [0.1, 0.15) is 16.7 Å². The first kappa shape index (κ1) is 20.7. The molecule has 0 unspecified atom stereocenters. The van der Waals surface area contributed by atoms with Crippen molar-refractivity contribution in [2.24, 2.45) is 0 Å². The number of aryl methyl sites for hydroxylation is 1. The van der Waals surface area contributed by atoms with Gasteiger partial charge in [0.2, 0.25) is 9.84 Å². The highest BCUT2D eigenvalue weighted by molar-refractivity contribution is 7.95. The molecule has 0 N–H and O–H groups in total. The van der Waals surface area contributed by atoms with Crippen LogP contribution in [0, 0.1) is 18.3 Å². The molecule has 29 heavy (non-hydrogen) atoms. The third kappa shape index (κ3) is 5.26. The predicted molar refractivity (Wildman–Crippen MR) is 114 cm³/mol. The lowest BCUT2D eigenvalue weighted by Gasteiger charge is -2.08. The van der Waals surface area contributed by atoms with E-state index in [1.807, 2.05) is 31.2 Å². The third-order valence-corrected chi connectivity index (χ3v) is 6.14. The van der Waals surface area contributed by atoms with Gasteiger partial charge in [0.25, 0.3) is 0 Å². The molecule has 0 saturated heterocycles. The summed E-state index contributed by atoms with van der Waals surface area (Å²) in [7, 11) is -3.94. The Morgan fingerprint density at radius 1 is 1.07 bits per heavy atom. The molecule has 3 aromatic carbocycles. The third-order valence-electron chi connectivity index (χ3n) is 4.21. The molecule has 0 fully saturated rings. The highest BCUT2D eigenvalue weighted by Crippen LogP contribution is 2.24. The molecule has 0 radical (unpaired) electrons. The van der Waals surface area contributed by atoms with Crippen molar-refractivity contribution < 1.29 is 13.2 Å². The smallest absolute Gasteiger partial charge is 0.216 e. The summed E-state index contributed by atoms with van der Waals surface area (Å²) in [5, 5.41) is 9.85. The van der Waals surface area contributed by atoms with Gasteiger partial charge in [0.1, 0.15) is 23.3 Å². The van der Waals surface area contributed by atoms with Crippen LogP contribution in [-0.4, -0.2) is 8.42 Å². The van der Waals surface area contributed by atoms with Crippen LogP contribution in [0.3, 0.4) is 0 Å². The number of benzene rings is 3. The maximum atomic E-state index is 12.7. The van der Waals surface area contributed by atoms with Gasteiger partial charge in [-0.3, -0.25) is 0 Å². The van der Waals surface area contributed by atoms with E-state index >= 15 is 0 Å². The quantitative estimate of drug-likeness (QED) is 0.486. The first-order valence-corrected chi connectivity index (χ1v) is 10.7. The second-order valence-corrected chi connectivity index (χ2v) is 8.78. The Hall–Kier alpha value is -3.07. The summed E-state index contributed by atoms with van der Waals surface area (Å²) in [5.74, 6) is 0.584. The highest BCUT2D eigenvalue weighted by atomic mass is 35.5. The zero-order valence-corrected chi connectivity index (χ0v) is 17.2. The lowest BCUT2D eigenvalue weighted by atomic mass is 10.1. The fourth-order valence-electron chi connectivity index (χ4n) is 2.61. The molecule has 3 aromatic rings. The van der Waals surface area contributed by atoms with Crippen molar-refractivity contribution in [3.05, 3.63) is 99.4 Å². The molecule has 0 heterocycles. The van der Waals surface area contributed by atoms with Gasteiger partial charge in [-0.05, 0) is 60.5 Å². The van der Waals surface area contributed by atoms with Gasteiger partial charge in [-0.25, -0.2) is 8.42 Å². The zero-order chi connectivity index (χ0) is 20.9. The van der Waals surface area contributed by atoms with Crippen molar-refractivity contribution in [3.8, 4) is 11.8 Å². The van der Waals surface area contributed by atoms with Crippen LogP contribution in [0.5, 0.6) is 5.75 Å². The first-order chi connectivity index (χ1) is 13.9. The molecule has 4 nitrogen and oxygen atoms in total. The van der Waals surface area contributed by atoms with Crippen LogP contribution in [0.25, 0.3) is 6.08 Å². The van der Waals surface area contributed by atoms with E-state index in [0.717, 1.165) is 5.56 Å². The van der Waals surface area contributed by atoms with E-state index in [2.05, 4.69) is 0 Å². The van der Waals surface area contributed by atoms with Crippen molar-refractivity contribution in [2.75, 3.05) is 0 Å². The van der Waals surface area contributed by atoms with Crippen molar-refractivity contribution in [3.63, 3.8) is 0 Å². The normalized spacial score (nSPS) is 11.7. The number of hydrogen-bond acceptors (Lipinski definition) is 4. The molecule has 3 rings (SSSR count). The summed E-state index contributed by atoms with van der Waals surface area (Å²) in [6.07, 6.45) is 1.34. The molecule has 0 saturated carbocycles. The highest BCUT2D eigenvalue weighted by Gasteiger charge is 2.20. The van der Waals surface area contributed by atoms with E-state index in [1.54, 1.807) is 30.3 Å². The molecular weight excluding hydrogens is 406 g/mol. The standard InChI is InChI=1S/C23H18ClNO3S/c1-17-5-7-18(8-6-17)16-28-21-4-2-3-19(13-21)14-23(15-25)29(26,27)22-11-9-20(24)10-12-22/h2-14H,16H2,1H3. The Morgan fingerprint density at radius 3 is 2.41 bits per heavy atom. The lowest BCUT2D eigenvalue weighted by Crippen LogP contribution is -2.03. The topological polar surface area (TPSA) is 67.2 Å². The molecule has 0 bridgehead atoms. The summed E-state index contributed by atoms with van der Waals surface area (Å²) in [4.78, 5) is -0.336. The average molecular weight is 424 g/mol. The van der Waals surface area contributed by atoms with Gasteiger partial charge in [0.05, 0.1) is 4.90 Å². The van der Waals surface area contributed by atoms with Gasteiger partial charge >= 0.3 is 0 Å². The van der Waals surface area contributed by atoms with Gasteiger partial charge in [0, 0.05) is 5.02 Å². The number of halogens is 1. The first-order valence-electron chi connectivity index (χ1n) is 8.79. The minimum atomic E-state index is -3.94. The lowest BCUT2D eigenvalue weighted by molar-refractivity contribution is 0.306. The molecular formula is C23H18ClNO3S. The average Bonchev–Trinajstić information content (AvgIpc) is 2.72. The number of nitriles is 1. The molecule has 0 aliphatic heterocycles. The molecule has 0 atom stereocenters. The fraction of sp³-hybridized carbons (Fsp3) is 0.0870. The maximum absolute atomic E-state index is 12.7. The number of sulfone groups is 1. The molecule has 0 aromatic heterocycles. The number of rotatable bonds is 6. The van der Waals surface area contributed by atoms with Crippen molar-refractivity contribution in [2.45, 2.75) is 18.4 Å².